The summed E-state index contributed by atoms with van der Waals surface area (Å²) >= 11 is 0. The average Bonchev–Trinajstić information content (AvgIpc) is 2.56. The Kier molecular flexibility index (Phi) is 1.49. The topological polar surface area (TPSA) is 51.5 Å². The maximum atomic E-state index is 11.6. The van der Waals surface area contributed by atoms with Crippen LogP contribution < -0.4 is 15.2 Å². The van der Waals surface area contributed by atoms with Crippen molar-refractivity contribution in [1.82, 2.24) is 4.57 Å². The van der Waals surface area contributed by atoms with Crippen LogP contribution in [-0.2, 0) is 11.3 Å². The molecule has 0 N–H and O–H groups in total. The van der Waals surface area contributed by atoms with Crippen LogP contribution in [0, 0.1) is 0 Å². The van der Waals surface area contributed by atoms with Crippen molar-refractivity contribution in [3.8, 4) is 5.75 Å². The fourth-order valence-electron chi connectivity index (χ4n) is 2.21. The predicted molar refractivity (Wildman–Crippen MR) is 53.1 cm³/mol. The van der Waals surface area contributed by atoms with E-state index in [9.17, 15) is 9.59 Å². The van der Waals surface area contributed by atoms with E-state index < -0.39 is 0 Å². The number of hydrogen-bond donors (Lipinski definition) is 0. The van der Waals surface area contributed by atoms with Crippen LogP contribution in [-0.4, -0.2) is 23.1 Å². The molecule has 2 aliphatic heterocycles. The van der Waals surface area contributed by atoms with Crippen LogP contribution in [0.4, 0.5) is 5.82 Å². The molecule has 0 radical (unpaired) electrons. The third-order valence-corrected chi connectivity index (χ3v) is 2.85. The van der Waals surface area contributed by atoms with Gasteiger partial charge in [0.15, 0.2) is 18.2 Å². The van der Waals surface area contributed by atoms with Gasteiger partial charge in [0.2, 0.25) is 0 Å². The number of hydrogen-bond acceptors (Lipinski definition) is 3. The zero-order chi connectivity index (χ0) is 10.6. The van der Waals surface area contributed by atoms with Crippen LogP contribution in [0.15, 0.2) is 16.9 Å². The highest BCUT2D eigenvalue weighted by Crippen LogP contribution is 2.36. The molecule has 5 nitrogen and oxygen atoms in total. The fourth-order valence-corrected chi connectivity index (χ4v) is 2.21. The summed E-state index contributed by atoms with van der Waals surface area (Å²) in [4.78, 5) is 24.9. The van der Waals surface area contributed by atoms with Gasteiger partial charge < -0.3 is 4.74 Å². The van der Waals surface area contributed by atoms with Gasteiger partial charge in [0, 0.05) is 12.6 Å². The molecule has 0 aromatic carbocycles. The van der Waals surface area contributed by atoms with E-state index in [0.29, 0.717) is 18.1 Å². The number of aromatic nitrogens is 1. The van der Waals surface area contributed by atoms with E-state index >= 15 is 0 Å². The van der Waals surface area contributed by atoms with Gasteiger partial charge in [-0.3, -0.25) is 19.1 Å². The van der Waals surface area contributed by atoms with Crippen molar-refractivity contribution >= 4 is 11.7 Å². The van der Waals surface area contributed by atoms with E-state index in [4.69, 9.17) is 4.74 Å². The number of nitrogens with zero attached hydrogens (tertiary/aromatic N) is 2. The highest BCUT2D eigenvalue weighted by atomic mass is 16.5. The fraction of sp³-hybridized carbons (Fsp3) is 0.400. The second kappa shape index (κ2) is 2.62. The molecule has 2 aliphatic rings. The number of anilines is 1. The second-order valence-corrected chi connectivity index (χ2v) is 3.87. The summed E-state index contributed by atoms with van der Waals surface area (Å²) in [6, 6.07) is 3.14. The summed E-state index contributed by atoms with van der Waals surface area (Å²) in [5, 5.41) is 0. The molecule has 1 aromatic rings. The lowest BCUT2D eigenvalue weighted by atomic mass is 10.3. The molecular formula is C10H10N2O3. The van der Waals surface area contributed by atoms with E-state index in [1.165, 1.54) is 6.07 Å². The first-order valence-electron chi connectivity index (χ1n) is 4.87. The highest BCUT2D eigenvalue weighted by molar-refractivity contribution is 5.98. The van der Waals surface area contributed by atoms with Crippen molar-refractivity contribution in [2.45, 2.75) is 19.5 Å². The molecule has 15 heavy (non-hydrogen) atoms. The molecular weight excluding hydrogens is 196 g/mol. The van der Waals surface area contributed by atoms with Crippen LogP contribution in [0.25, 0.3) is 0 Å². The highest BCUT2D eigenvalue weighted by Gasteiger charge is 2.37. The normalized spacial score (nSPS) is 22.6. The van der Waals surface area contributed by atoms with Crippen LogP contribution in [0.2, 0.25) is 0 Å². The molecule has 3 heterocycles. The zero-order valence-corrected chi connectivity index (χ0v) is 8.27. The molecule has 1 atom stereocenters. The number of pyridine rings is 1. The molecule has 0 spiro atoms. The van der Waals surface area contributed by atoms with Crippen molar-refractivity contribution < 1.29 is 9.53 Å². The lowest BCUT2D eigenvalue weighted by Crippen LogP contribution is -2.41. The van der Waals surface area contributed by atoms with Crippen molar-refractivity contribution in [2.75, 3.05) is 11.5 Å². The summed E-state index contributed by atoms with van der Waals surface area (Å²) < 4.78 is 6.87. The van der Waals surface area contributed by atoms with Crippen molar-refractivity contribution in [1.29, 1.82) is 0 Å². The van der Waals surface area contributed by atoms with Crippen LogP contribution in [0.5, 0.6) is 5.75 Å². The Hall–Kier alpha value is -1.78. The minimum Gasteiger partial charge on any atom is -0.480 e. The largest absolute Gasteiger partial charge is 0.480 e. The number of ether oxygens (including phenoxy) is 1. The molecule has 0 saturated carbocycles. The van der Waals surface area contributed by atoms with Crippen LogP contribution >= 0.6 is 0 Å². The van der Waals surface area contributed by atoms with Crippen LogP contribution in [0.1, 0.15) is 6.92 Å². The maximum absolute atomic E-state index is 11.6. The first-order chi connectivity index (χ1) is 7.18. The minimum atomic E-state index is -0.0820. The molecule has 1 aromatic heterocycles. The number of carbonyl (C=O) groups excluding carboxylic acids is 1. The quantitative estimate of drug-likeness (QED) is 0.599. The standard InChI is InChI=1S/C10H10N2O3/c1-6-4-11-8(13)3-2-7-10(11)12(6)9(14)5-15-7/h2-3,6H,4-5H2,1H3. The van der Waals surface area contributed by atoms with E-state index in [2.05, 4.69) is 0 Å². The Bertz CT molecular complexity index is 506. The van der Waals surface area contributed by atoms with Crippen LogP contribution in [0.3, 0.4) is 0 Å². The molecule has 5 heteroatoms. The Morgan fingerprint density at radius 1 is 1.40 bits per heavy atom. The van der Waals surface area contributed by atoms with Crippen molar-refractivity contribution in [2.24, 2.45) is 0 Å². The molecule has 3 rings (SSSR count). The maximum Gasteiger partial charge on any atom is 0.266 e. The van der Waals surface area contributed by atoms with Gasteiger partial charge in [-0.2, -0.15) is 0 Å². The monoisotopic (exact) mass is 206 g/mol. The Labute approximate surface area is 85.9 Å². The Balaban J connectivity index is 2.31. The summed E-state index contributed by atoms with van der Waals surface area (Å²) in [6.07, 6.45) is 0. The molecule has 0 saturated heterocycles. The van der Waals surface area contributed by atoms with Gasteiger partial charge in [-0.25, -0.2) is 0 Å². The van der Waals surface area contributed by atoms with Gasteiger partial charge in [0.1, 0.15) is 0 Å². The first kappa shape index (κ1) is 8.52. The van der Waals surface area contributed by atoms with Gasteiger partial charge in [-0.1, -0.05) is 0 Å². The van der Waals surface area contributed by atoms with Gasteiger partial charge in [-0.05, 0) is 13.0 Å². The van der Waals surface area contributed by atoms with Gasteiger partial charge in [0.25, 0.3) is 11.5 Å². The van der Waals surface area contributed by atoms with Crippen molar-refractivity contribution in [3.63, 3.8) is 0 Å². The van der Waals surface area contributed by atoms with E-state index in [1.807, 2.05) is 6.92 Å². The molecule has 1 amide bonds. The Morgan fingerprint density at radius 2 is 2.20 bits per heavy atom. The van der Waals surface area contributed by atoms with E-state index in [-0.39, 0.29) is 24.1 Å². The van der Waals surface area contributed by atoms with Gasteiger partial charge >= 0.3 is 0 Å². The number of rotatable bonds is 0. The Morgan fingerprint density at radius 3 is 3.00 bits per heavy atom. The average molecular weight is 206 g/mol. The first-order valence-corrected chi connectivity index (χ1v) is 4.87. The number of amides is 1. The van der Waals surface area contributed by atoms with Gasteiger partial charge in [0.05, 0.1) is 6.04 Å². The van der Waals surface area contributed by atoms with E-state index in [1.54, 1.807) is 15.5 Å². The molecule has 0 fully saturated rings. The molecule has 1 unspecified atom stereocenters. The minimum absolute atomic E-state index is 0.0373. The predicted octanol–water partition coefficient (Wildman–Crippen LogP) is -0.0242. The lowest BCUT2D eigenvalue weighted by Gasteiger charge is -2.27. The summed E-state index contributed by atoms with van der Waals surface area (Å²) in [7, 11) is 0. The van der Waals surface area contributed by atoms with E-state index in [0.717, 1.165) is 0 Å². The smallest absolute Gasteiger partial charge is 0.266 e. The molecule has 78 valence electrons. The van der Waals surface area contributed by atoms with Gasteiger partial charge in [-0.15, -0.1) is 0 Å². The summed E-state index contributed by atoms with van der Waals surface area (Å²) in [5.41, 5.74) is -0.0820. The molecule has 0 aliphatic carbocycles. The second-order valence-electron chi connectivity index (χ2n) is 3.87. The summed E-state index contributed by atoms with van der Waals surface area (Å²) in [5.74, 6) is 1.16. The zero-order valence-electron chi connectivity index (χ0n) is 8.27. The lowest BCUT2D eigenvalue weighted by molar-refractivity contribution is -0.121. The third kappa shape index (κ3) is 0.973. The summed E-state index contributed by atoms with van der Waals surface area (Å²) in [6.45, 7) is 2.55. The third-order valence-electron chi connectivity index (χ3n) is 2.85. The number of carbonyl (C=O) groups is 1. The molecule has 0 bridgehead atoms. The SMILES string of the molecule is CC1Cn2c3c(ccc2=O)OCC(=O)N31. The van der Waals surface area contributed by atoms with Crippen molar-refractivity contribution in [3.05, 3.63) is 22.5 Å².